The van der Waals surface area contributed by atoms with E-state index >= 15 is 0 Å². The molecule has 0 heterocycles. The van der Waals surface area contributed by atoms with Crippen molar-refractivity contribution in [1.29, 1.82) is 0 Å². The van der Waals surface area contributed by atoms with E-state index in [-0.39, 0.29) is 4.90 Å². The Morgan fingerprint density at radius 2 is 1.93 bits per heavy atom. The summed E-state index contributed by atoms with van der Waals surface area (Å²) in [4.78, 5) is 0.0467. The highest BCUT2D eigenvalue weighted by Crippen LogP contribution is 2.13. The molecule has 0 radical (unpaired) electrons. The first-order chi connectivity index (χ1) is 6.92. The maximum Gasteiger partial charge on any atom is 0.297 e. The summed E-state index contributed by atoms with van der Waals surface area (Å²) in [6, 6.07) is 6.19. The van der Waals surface area contributed by atoms with Gasteiger partial charge in [0.15, 0.2) is 5.56 Å². The number of aryl methyl sites for hydroxylation is 1. The van der Waals surface area contributed by atoms with Gasteiger partial charge in [-0.3, -0.25) is 4.18 Å². The van der Waals surface area contributed by atoms with Crippen molar-refractivity contribution >= 4 is 21.7 Å². The number of aliphatic hydroxyl groups excluding tert-OH is 1. The SMILES string of the molecule is Cc1ccc(S(=O)(=O)OCC(O)Cl)cc1. The lowest BCUT2D eigenvalue weighted by molar-refractivity contribution is 0.173. The molecule has 1 unspecified atom stereocenters. The van der Waals surface area contributed by atoms with Crippen molar-refractivity contribution in [1.82, 2.24) is 0 Å². The third kappa shape index (κ3) is 3.79. The third-order valence-electron chi connectivity index (χ3n) is 1.67. The van der Waals surface area contributed by atoms with Crippen molar-refractivity contribution in [3.05, 3.63) is 29.8 Å². The number of benzene rings is 1. The molecule has 0 aromatic heterocycles. The van der Waals surface area contributed by atoms with E-state index in [2.05, 4.69) is 4.18 Å². The van der Waals surface area contributed by atoms with Gasteiger partial charge in [-0.1, -0.05) is 29.3 Å². The third-order valence-corrected chi connectivity index (χ3v) is 3.09. The first kappa shape index (κ1) is 12.4. The van der Waals surface area contributed by atoms with Gasteiger partial charge in [0.1, 0.15) is 6.61 Å². The van der Waals surface area contributed by atoms with E-state index in [0.29, 0.717) is 0 Å². The van der Waals surface area contributed by atoms with Gasteiger partial charge < -0.3 is 5.11 Å². The zero-order valence-electron chi connectivity index (χ0n) is 8.05. The van der Waals surface area contributed by atoms with Crippen molar-refractivity contribution < 1.29 is 17.7 Å². The van der Waals surface area contributed by atoms with Crippen LogP contribution in [0.25, 0.3) is 0 Å². The highest BCUT2D eigenvalue weighted by atomic mass is 35.5. The molecular weight excluding hydrogens is 240 g/mol. The Kier molecular flexibility index (Phi) is 4.10. The highest BCUT2D eigenvalue weighted by molar-refractivity contribution is 7.86. The van der Waals surface area contributed by atoms with Crippen LogP contribution in [0.3, 0.4) is 0 Å². The monoisotopic (exact) mass is 250 g/mol. The number of rotatable bonds is 4. The molecule has 0 fully saturated rings. The van der Waals surface area contributed by atoms with Gasteiger partial charge in [-0.25, -0.2) is 0 Å². The fourth-order valence-electron chi connectivity index (χ4n) is 0.919. The van der Waals surface area contributed by atoms with Crippen LogP contribution in [-0.2, 0) is 14.3 Å². The van der Waals surface area contributed by atoms with Gasteiger partial charge in [0.25, 0.3) is 10.1 Å². The molecule has 0 aliphatic rings. The fraction of sp³-hybridized carbons (Fsp3) is 0.333. The molecule has 15 heavy (non-hydrogen) atoms. The second kappa shape index (κ2) is 4.94. The van der Waals surface area contributed by atoms with Gasteiger partial charge >= 0.3 is 0 Å². The molecule has 1 aromatic carbocycles. The smallest absolute Gasteiger partial charge is 0.297 e. The van der Waals surface area contributed by atoms with Gasteiger partial charge in [0.05, 0.1) is 4.90 Å². The largest absolute Gasteiger partial charge is 0.375 e. The van der Waals surface area contributed by atoms with Crippen molar-refractivity contribution in [2.45, 2.75) is 17.4 Å². The van der Waals surface area contributed by atoms with Crippen molar-refractivity contribution in [2.75, 3.05) is 6.61 Å². The lowest BCUT2D eigenvalue weighted by atomic mass is 10.2. The summed E-state index contributed by atoms with van der Waals surface area (Å²) in [5.74, 6) is 0. The Labute approximate surface area is 93.6 Å². The molecule has 84 valence electrons. The summed E-state index contributed by atoms with van der Waals surface area (Å²) < 4.78 is 27.4. The second-order valence-corrected chi connectivity index (χ2v) is 5.11. The standard InChI is InChI=1S/C9H11ClO4S/c1-7-2-4-8(5-3-7)15(12,13)14-6-9(10)11/h2-5,9,11H,6H2,1H3. The molecule has 0 saturated carbocycles. The van der Waals surface area contributed by atoms with Crippen molar-refractivity contribution in [3.8, 4) is 0 Å². The van der Waals surface area contributed by atoms with Crippen LogP contribution in [0, 0.1) is 6.92 Å². The molecule has 0 bridgehead atoms. The maximum absolute atomic E-state index is 11.5. The Bertz CT molecular complexity index is 410. The molecule has 0 saturated heterocycles. The summed E-state index contributed by atoms with van der Waals surface area (Å²) in [6.45, 7) is 1.39. The highest BCUT2D eigenvalue weighted by Gasteiger charge is 2.15. The predicted molar refractivity (Wildman–Crippen MR) is 56.2 cm³/mol. The molecular formula is C9H11ClO4S. The topological polar surface area (TPSA) is 63.6 Å². The second-order valence-electron chi connectivity index (χ2n) is 2.99. The van der Waals surface area contributed by atoms with E-state index in [0.717, 1.165) is 5.56 Å². The first-order valence-corrected chi connectivity index (χ1v) is 6.04. The zero-order valence-corrected chi connectivity index (χ0v) is 9.62. The van der Waals surface area contributed by atoms with E-state index in [1.54, 1.807) is 12.1 Å². The molecule has 6 heteroatoms. The summed E-state index contributed by atoms with van der Waals surface area (Å²) in [7, 11) is -3.82. The first-order valence-electron chi connectivity index (χ1n) is 4.20. The number of alkyl halides is 1. The normalized spacial score (nSPS) is 13.8. The minimum absolute atomic E-state index is 0.0467. The predicted octanol–water partition coefficient (Wildman–Crippen LogP) is 1.26. The molecule has 0 amide bonds. The minimum atomic E-state index is -3.82. The van der Waals surface area contributed by atoms with E-state index in [1.807, 2.05) is 6.92 Å². The zero-order chi connectivity index (χ0) is 11.5. The Hall–Kier alpha value is -0.620. The van der Waals surface area contributed by atoms with Gasteiger partial charge in [-0.05, 0) is 19.1 Å². The van der Waals surface area contributed by atoms with Crippen LogP contribution in [0.2, 0.25) is 0 Å². The molecule has 0 spiro atoms. The Morgan fingerprint density at radius 3 is 2.40 bits per heavy atom. The molecule has 1 rings (SSSR count). The van der Waals surface area contributed by atoms with E-state index in [4.69, 9.17) is 16.7 Å². The lowest BCUT2D eigenvalue weighted by Crippen LogP contribution is -2.14. The summed E-state index contributed by atoms with van der Waals surface area (Å²) in [6.07, 6.45) is 0. The number of hydrogen-bond acceptors (Lipinski definition) is 4. The summed E-state index contributed by atoms with van der Waals surface area (Å²) >= 11 is 5.16. The average Bonchev–Trinajstić information content (AvgIpc) is 2.16. The Balaban J connectivity index is 2.82. The Morgan fingerprint density at radius 1 is 1.40 bits per heavy atom. The van der Waals surface area contributed by atoms with Crippen LogP contribution < -0.4 is 0 Å². The number of hydrogen-bond donors (Lipinski definition) is 1. The van der Waals surface area contributed by atoms with Gasteiger partial charge in [-0.2, -0.15) is 8.42 Å². The molecule has 4 nitrogen and oxygen atoms in total. The number of aliphatic hydroxyl groups is 1. The van der Waals surface area contributed by atoms with Crippen LogP contribution in [-0.4, -0.2) is 25.7 Å². The number of halogens is 1. The van der Waals surface area contributed by atoms with E-state index in [1.165, 1.54) is 12.1 Å². The molecule has 1 atom stereocenters. The van der Waals surface area contributed by atoms with Crippen LogP contribution in [0.15, 0.2) is 29.2 Å². The van der Waals surface area contributed by atoms with Crippen LogP contribution >= 0.6 is 11.6 Å². The average molecular weight is 251 g/mol. The minimum Gasteiger partial charge on any atom is -0.375 e. The quantitative estimate of drug-likeness (QED) is 0.646. The van der Waals surface area contributed by atoms with Gasteiger partial charge in [-0.15, -0.1) is 0 Å². The van der Waals surface area contributed by atoms with Crippen molar-refractivity contribution in [3.63, 3.8) is 0 Å². The molecule has 1 N–H and O–H groups in total. The van der Waals surface area contributed by atoms with Crippen LogP contribution in [0.1, 0.15) is 5.56 Å². The van der Waals surface area contributed by atoms with Gasteiger partial charge in [0.2, 0.25) is 0 Å². The van der Waals surface area contributed by atoms with Crippen LogP contribution in [0.5, 0.6) is 0 Å². The van der Waals surface area contributed by atoms with E-state index < -0.39 is 22.3 Å². The summed E-state index contributed by atoms with van der Waals surface area (Å²) in [5, 5.41) is 8.68. The maximum atomic E-state index is 11.5. The molecule has 1 aromatic rings. The van der Waals surface area contributed by atoms with E-state index in [9.17, 15) is 8.42 Å². The lowest BCUT2D eigenvalue weighted by Gasteiger charge is -2.06. The fourth-order valence-corrected chi connectivity index (χ4v) is 1.97. The van der Waals surface area contributed by atoms with Gasteiger partial charge in [0, 0.05) is 0 Å². The molecule has 0 aliphatic carbocycles. The van der Waals surface area contributed by atoms with Crippen LogP contribution in [0.4, 0.5) is 0 Å². The molecule has 0 aliphatic heterocycles. The van der Waals surface area contributed by atoms with Crippen molar-refractivity contribution in [2.24, 2.45) is 0 Å². The summed E-state index contributed by atoms with van der Waals surface area (Å²) in [5.41, 5.74) is -0.378.